The summed E-state index contributed by atoms with van der Waals surface area (Å²) in [6.45, 7) is 2.22. The van der Waals surface area contributed by atoms with Gasteiger partial charge in [-0.05, 0) is 30.9 Å². The number of pyridine rings is 1. The largest absolute Gasteiger partial charge is 0.384 e. The Balaban J connectivity index is 2.03. The van der Waals surface area contributed by atoms with Gasteiger partial charge in [-0.25, -0.2) is 10.8 Å². The normalized spacial score (nSPS) is 16.2. The van der Waals surface area contributed by atoms with Crippen LogP contribution in [0.3, 0.4) is 0 Å². The van der Waals surface area contributed by atoms with Gasteiger partial charge in [-0.15, -0.1) is 0 Å². The van der Waals surface area contributed by atoms with Crippen LogP contribution in [-0.2, 0) is 4.74 Å². The maximum absolute atomic E-state index is 12.4. The maximum atomic E-state index is 12.4. The quantitative estimate of drug-likeness (QED) is 0.500. The summed E-state index contributed by atoms with van der Waals surface area (Å²) in [5.74, 6) is 6.19. The second-order valence-electron chi connectivity index (χ2n) is 4.90. The van der Waals surface area contributed by atoms with Crippen LogP contribution in [0.5, 0.6) is 0 Å². The third-order valence-electron chi connectivity index (χ3n) is 3.49. The van der Waals surface area contributed by atoms with Crippen molar-refractivity contribution in [2.45, 2.75) is 12.8 Å². The van der Waals surface area contributed by atoms with Crippen LogP contribution in [0.25, 0.3) is 0 Å². The van der Waals surface area contributed by atoms with Gasteiger partial charge in [0.25, 0.3) is 5.91 Å². The number of nitrogens with two attached hydrogens (primary N) is 1. The van der Waals surface area contributed by atoms with Crippen molar-refractivity contribution in [3.63, 3.8) is 0 Å². The molecule has 7 heteroatoms. The molecule has 110 valence electrons. The number of aromatic nitrogens is 1. The number of amides is 1. The van der Waals surface area contributed by atoms with E-state index in [4.69, 9.17) is 22.2 Å². The van der Waals surface area contributed by atoms with Crippen LogP contribution in [0.2, 0.25) is 5.15 Å². The van der Waals surface area contributed by atoms with E-state index in [9.17, 15) is 4.79 Å². The Morgan fingerprint density at radius 1 is 1.55 bits per heavy atom. The molecule has 1 aromatic heterocycles. The van der Waals surface area contributed by atoms with Gasteiger partial charge in [-0.1, -0.05) is 11.6 Å². The molecule has 1 aliphatic heterocycles. The highest BCUT2D eigenvalue weighted by Gasteiger charge is 2.24. The van der Waals surface area contributed by atoms with Crippen molar-refractivity contribution in [1.82, 2.24) is 9.88 Å². The predicted molar refractivity (Wildman–Crippen MR) is 77.6 cm³/mol. The number of methoxy groups -OCH3 is 1. The number of nitrogen functional groups attached to an aromatic ring is 1. The topological polar surface area (TPSA) is 80.5 Å². The van der Waals surface area contributed by atoms with Crippen LogP contribution in [0.1, 0.15) is 23.2 Å². The number of nitrogens with zero attached hydrogens (tertiary/aromatic N) is 2. The summed E-state index contributed by atoms with van der Waals surface area (Å²) in [6, 6.07) is 3.17. The highest BCUT2D eigenvalue weighted by Crippen LogP contribution is 2.21. The molecule has 0 spiro atoms. The van der Waals surface area contributed by atoms with E-state index in [0.29, 0.717) is 17.3 Å². The molecular weight excluding hydrogens is 280 g/mol. The number of anilines is 1. The van der Waals surface area contributed by atoms with E-state index < -0.39 is 0 Å². The zero-order valence-electron chi connectivity index (χ0n) is 11.4. The SMILES string of the molecule is COCC1CCN(C(=O)c2cc(Cl)nc(NN)c2)CC1. The Morgan fingerprint density at radius 2 is 2.25 bits per heavy atom. The average molecular weight is 299 g/mol. The fraction of sp³-hybridized carbons (Fsp3) is 0.538. The molecule has 0 saturated carbocycles. The number of piperidine rings is 1. The van der Waals surface area contributed by atoms with Crippen LogP contribution < -0.4 is 11.3 Å². The molecule has 6 nitrogen and oxygen atoms in total. The number of rotatable bonds is 4. The van der Waals surface area contributed by atoms with Gasteiger partial charge in [0.15, 0.2) is 0 Å². The molecule has 2 rings (SSSR count). The first-order chi connectivity index (χ1) is 9.63. The lowest BCUT2D eigenvalue weighted by Gasteiger charge is -2.31. The zero-order valence-corrected chi connectivity index (χ0v) is 12.2. The van der Waals surface area contributed by atoms with Gasteiger partial charge < -0.3 is 15.1 Å². The molecule has 0 radical (unpaired) electrons. The number of hydrogen-bond donors (Lipinski definition) is 2. The number of ether oxygens (including phenoxy) is 1. The van der Waals surface area contributed by atoms with Crippen molar-refractivity contribution in [2.24, 2.45) is 11.8 Å². The molecular formula is C13H19ClN4O2. The molecule has 0 aromatic carbocycles. The minimum absolute atomic E-state index is 0.0401. The molecule has 1 saturated heterocycles. The number of carbonyl (C=O) groups is 1. The van der Waals surface area contributed by atoms with Crippen molar-refractivity contribution < 1.29 is 9.53 Å². The molecule has 0 bridgehead atoms. The van der Waals surface area contributed by atoms with Gasteiger partial charge in [0.1, 0.15) is 11.0 Å². The number of halogens is 1. The molecule has 0 unspecified atom stereocenters. The van der Waals surface area contributed by atoms with E-state index in [1.807, 2.05) is 4.90 Å². The summed E-state index contributed by atoms with van der Waals surface area (Å²) in [5, 5.41) is 0.248. The highest BCUT2D eigenvalue weighted by molar-refractivity contribution is 6.29. The second kappa shape index (κ2) is 6.88. The van der Waals surface area contributed by atoms with Crippen LogP contribution in [0, 0.1) is 5.92 Å². The monoisotopic (exact) mass is 298 g/mol. The first-order valence-corrected chi connectivity index (χ1v) is 6.94. The summed E-state index contributed by atoms with van der Waals surface area (Å²) in [4.78, 5) is 18.2. The van der Waals surface area contributed by atoms with Crippen molar-refractivity contribution in [1.29, 1.82) is 0 Å². The first-order valence-electron chi connectivity index (χ1n) is 6.56. The summed E-state index contributed by atoms with van der Waals surface area (Å²) >= 11 is 5.88. The molecule has 1 aromatic rings. The van der Waals surface area contributed by atoms with Gasteiger partial charge in [-0.3, -0.25) is 4.79 Å². The lowest BCUT2D eigenvalue weighted by atomic mass is 9.97. The number of hydrogen-bond acceptors (Lipinski definition) is 5. The Kier molecular flexibility index (Phi) is 5.17. The fourth-order valence-corrected chi connectivity index (χ4v) is 2.62. The van der Waals surface area contributed by atoms with E-state index in [0.717, 1.165) is 32.5 Å². The van der Waals surface area contributed by atoms with E-state index in [2.05, 4.69) is 10.4 Å². The van der Waals surface area contributed by atoms with Crippen LogP contribution in [-0.4, -0.2) is 42.6 Å². The van der Waals surface area contributed by atoms with E-state index in [1.54, 1.807) is 19.2 Å². The number of hydrazine groups is 1. The lowest BCUT2D eigenvalue weighted by Crippen LogP contribution is -2.39. The van der Waals surface area contributed by atoms with E-state index >= 15 is 0 Å². The molecule has 20 heavy (non-hydrogen) atoms. The smallest absolute Gasteiger partial charge is 0.254 e. The minimum Gasteiger partial charge on any atom is -0.384 e. The predicted octanol–water partition coefficient (Wildman–Crippen LogP) is 1.52. The van der Waals surface area contributed by atoms with Crippen LogP contribution >= 0.6 is 11.6 Å². The molecule has 2 heterocycles. The van der Waals surface area contributed by atoms with Crippen LogP contribution in [0.15, 0.2) is 12.1 Å². The molecule has 0 atom stereocenters. The van der Waals surface area contributed by atoms with Crippen molar-refractivity contribution in [3.05, 3.63) is 22.8 Å². The first kappa shape index (κ1) is 15.0. The van der Waals surface area contributed by atoms with Gasteiger partial charge in [0.2, 0.25) is 0 Å². The second-order valence-corrected chi connectivity index (χ2v) is 5.29. The van der Waals surface area contributed by atoms with Crippen molar-refractivity contribution >= 4 is 23.3 Å². The van der Waals surface area contributed by atoms with Crippen LogP contribution in [0.4, 0.5) is 5.82 Å². The standard InChI is InChI=1S/C13H19ClN4O2/c1-20-8-9-2-4-18(5-3-9)13(19)10-6-11(14)16-12(7-10)17-15/h6-7,9H,2-5,8,15H2,1H3,(H,16,17). The third kappa shape index (κ3) is 3.59. The fourth-order valence-electron chi connectivity index (χ4n) is 2.42. The Bertz CT molecular complexity index is 475. The summed E-state index contributed by atoms with van der Waals surface area (Å²) in [7, 11) is 1.71. The Morgan fingerprint density at radius 3 is 2.85 bits per heavy atom. The maximum Gasteiger partial charge on any atom is 0.254 e. The Hall–Kier alpha value is -1.37. The van der Waals surface area contributed by atoms with Crippen molar-refractivity contribution in [2.75, 3.05) is 32.2 Å². The van der Waals surface area contributed by atoms with Gasteiger partial charge in [-0.2, -0.15) is 0 Å². The molecule has 1 fully saturated rings. The summed E-state index contributed by atoms with van der Waals surface area (Å²) < 4.78 is 5.16. The van der Waals surface area contributed by atoms with Gasteiger partial charge in [0, 0.05) is 32.4 Å². The lowest BCUT2D eigenvalue weighted by molar-refractivity contribution is 0.0613. The van der Waals surface area contributed by atoms with Gasteiger partial charge >= 0.3 is 0 Å². The number of carbonyl (C=O) groups excluding carboxylic acids is 1. The molecule has 1 amide bonds. The minimum atomic E-state index is -0.0401. The average Bonchev–Trinajstić information content (AvgIpc) is 2.47. The van der Waals surface area contributed by atoms with Gasteiger partial charge in [0.05, 0.1) is 0 Å². The van der Waals surface area contributed by atoms with E-state index in [-0.39, 0.29) is 11.1 Å². The summed E-state index contributed by atoms with van der Waals surface area (Å²) in [5.41, 5.74) is 2.91. The Labute approximate surface area is 123 Å². The molecule has 3 N–H and O–H groups in total. The third-order valence-corrected chi connectivity index (χ3v) is 3.69. The highest BCUT2D eigenvalue weighted by atomic mass is 35.5. The summed E-state index contributed by atoms with van der Waals surface area (Å²) in [6.07, 6.45) is 1.92. The molecule has 1 aliphatic rings. The van der Waals surface area contributed by atoms with E-state index in [1.165, 1.54) is 0 Å². The molecule has 0 aliphatic carbocycles. The zero-order chi connectivity index (χ0) is 14.5. The van der Waals surface area contributed by atoms with Crippen molar-refractivity contribution in [3.8, 4) is 0 Å². The number of likely N-dealkylation sites (tertiary alicyclic amines) is 1. The number of nitrogens with one attached hydrogen (secondary N) is 1.